The lowest BCUT2D eigenvalue weighted by Crippen LogP contribution is -1.93. The van der Waals surface area contributed by atoms with Crippen LogP contribution >= 0.6 is 11.3 Å². The highest BCUT2D eigenvalue weighted by molar-refractivity contribution is 7.25. The zero-order valence-corrected chi connectivity index (χ0v) is 34.9. The average Bonchev–Trinajstić information content (AvgIpc) is 4.03. The minimum Gasteiger partial charge on any atom is -0.456 e. The second-order valence-corrected chi connectivity index (χ2v) is 17.6. The maximum absolute atomic E-state index is 6.48. The highest BCUT2D eigenvalue weighted by Gasteiger charge is 2.17. The zero-order valence-electron chi connectivity index (χ0n) is 34.1. The zero-order chi connectivity index (χ0) is 41.4. The molecule has 13 rings (SSSR count). The van der Waals surface area contributed by atoms with Crippen LogP contribution in [0.2, 0.25) is 0 Å². The molecule has 0 unspecified atom stereocenters. The van der Waals surface area contributed by atoms with Gasteiger partial charge in [0.1, 0.15) is 11.2 Å². The molecule has 0 aliphatic rings. The van der Waals surface area contributed by atoms with Crippen molar-refractivity contribution in [2.24, 2.45) is 0 Å². The van der Waals surface area contributed by atoms with Crippen LogP contribution in [0.3, 0.4) is 0 Å². The molecule has 0 aliphatic carbocycles. The second-order valence-electron chi connectivity index (χ2n) is 16.5. The molecule has 0 aliphatic heterocycles. The fraction of sp³-hybridized carbons (Fsp3) is 0. The van der Waals surface area contributed by atoms with E-state index in [0.717, 1.165) is 27.6 Å². The van der Waals surface area contributed by atoms with Gasteiger partial charge in [-0.1, -0.05) is 140 Å². The summed E-state index contributed by atoms with van der Waals surface area (Å²) in [7, 11) is 0. The number of aromatic nitrogens is 1. The van der Waals surface area contributed by atoms with Gasteiger partial charge < -0.3 is 8.98 Å². The molecule has 3 aromatic heterocycles. The number of rotatable bonds is 6. The molecule has 0 saturated heterocycles. The number of furan rings is 1. The fourth-order valence-electron chi connectivity index (χ4n) is 9.67. The van der Waals surface area contributed by atoms with Crippen LogP contribution in [0.4, 0.5) is 0 Å². The molecule has 294 valence electrons. The number of benzene rings is 10. The third-order valence-electron chi connectivity index (χ3n) is 12.8. The summed E-state index contributed by atoms with van der Waals surface area (Å²) in [6.45, 7) is 0. The highest BCUT2D eigenvalue weighted by Crippen LogP contribution is 2.42. The molecule has 0 atom stereocenters. The van der Waals surface area contributed by atoms with Crippen LogP contribution in [0, 0.1) is 0 Å². The van der Waals surface area contributed by atoms with Crippen molar-refractivity contribution in [2.45, 2.75) is 0 Å². The number of para-hydroxylation sites is 1. The normalized spacial score (nSPS) is 11.8. The van der Waals surface area contributed by atoms with E-state index < -0.39 is 0 Å². The van der Waals surface area contributed by atoms with Crippen LogP contribution in [0.25, 0.3) is 125 Å². The summed E-state index contributed by atoms with van der Waals surface area (Å²) in [5, 5.41) is 7.27. The summed E-state index contributed by atoms with van der Waals surface area (Å²) in [4.78, 5) is 0. The highest BCUT2D eigenvalue weighted by atomic mass is 32.1. The maximum atomic E-state index is 6.48. The second kappa shape index (κ2) is 14.3. The van der Waals surface area contributed by atoms with E-state index in [1.807, 2.05) is 11.3 Å². The molecule has 0 saturated carbocycles. The number of hydrogen-bond acceptors (Lipinski definition) is 2. The summed E-state index contributed by atoms with van der Waals surface area (Å²) in [6.07, 6.45) is 0. The third-order valence-corrected chi connectivity index (χ3v) is 13.9. The van der Waals surface area contributed by atoms with Crippen molar-refractivity contribution in [3.05, 3.63) is 224 Å². The standard InChI is InChI=1S/C60H37NOS/c1-3-11-38(12-4-1)40-15-9-16-41(31-40)42-17-10-18-43(32-42)46-23-29-59-53(35-46)54-36-47(24-30-60(54)63-59)45-22-27-57-51(34-45)52-37-48(25-28-58(52)62-57)61-55-20-8-7-19-49(55)50-33-44(21-26-56(50)61)39-13-5-2-6-14-39/h1-37H. The predicted octanol–water partition coefficient (Wildman–Crippen LogP) is 17.4. The molecule has 0 radical (unpaired) electrons. The maximum Gasteiger partial charge on any atom is 0.135 e. The molecular weight excluding hydrogens is 783 g/mol. The quantitative estimate of drug-likeness (QED) is 0.163. The topological polar surface area (TPSA) is 18.1 Å². The molecule has 3 heterocycles. The van der Waals surface area contributed by atoms with Crippen molar-refractivity contribution in [3.8, 4) is 61.3 Å². The lowest BCUT2D eigenvalue weighted by atomic mass is 9.95. The van der Waals surface area contributed by atoms with Gasteiger partial charge in [0.15, 0.2) is 0 Å². The first-order valence-corrected chi connectivity index (χ1v) is 22.3. The van der Waals surface area contributed by atoms with Crippen LogP contribution in [-0.4, -0.2) is 4.57 Å². The van der Waals surface area contributed by atoms with Gasteiger partial charge in [-0.05, 0) is 141 Å². The monoisotopic (exact) mass is 819 g/mol. The van der Waals surface area contributed by atoms with E-state index in [1.54, 1.807) is 0 Å². The molecule has 0 N–H and O–H groups in total. The first kappa shape index (κ1) is 35.7. The van der Waals surface area contributed by atoms with Gasteiger partial charge in [0.25, 0.3) is 0 Å². The number of nitrogens with zero attached hydrogens (tertiary/aromatic N) is 1. The van der Waals surface area contributed by atoms with Gasteiger partial charge in [0, 0.05) is 47.4 Å². The Morgan fingerprint density at radius 3 is 1.33 bits per heavy atom. The van der Waals surface area contributed by atoms with E-state index in [1.165, 1.54) is 97.6 Å². The van der Waals surface area contributed by atoms with E-state index >= 15 is 0 Å². The van der Waals surface area contributed by atoms with Crippen molar-refractivity contribution < 1.29 is 4.42 Å². The third kappa shape index (κ3) is 6.01. The first-order valence-electron chi connectivity index (χ1n) is 21.5. The Morgan fingerprint density at radius 2 is 0.698 bits per heavy atom. The number of hydrogen-bond donors (Lipinski definition) is 0. The Balaban J connectivity index is 0.878. The van der Waals surface area contributed by atoms with Gasteiger partial charge in [-0.25, -0.2) is 0 Å². The van der Waals surface area contributed by atoms with Gasteiger partial charge in [0.2, 0.25) is 0 Å². The van der Waals surface area contributed by atoms with Crippen molar-refractivity contribution in [2.75, 3.05) is 0 Å². The summed E-state index contributed by atoms with van der Waals surface area (Å²) in [6, 6.07) is 81.7. The van der Waals surface area contributed by atoms with Gasteiger partial charge in [-0.2, -0.15) is 0 Å². The lowest BCUT2D eigenvalue weighted by Gasteiger charge is -2.09. The SMILES string of the molecule is c1ccc(-c2cccc(-c3cccc(-c4ccc5sc6ccc(-c7ccc8oc9ccc(-n%10c%11ccccc%11c%11cc(-c%12ccccc%12)ccc%11%10)cc9c8c7)cc6c5c4)c3)c2)cc1. The Bertz CT molecular complexity index is 3910. The molecule has 0 amide bonds. The Labute approximate surface area is 368 Å². The van der Waals surface area contributed by atoms with E-state index in [-0.39, 0.29) is 0 Å². The van der Waals surface area contributed by atoms with Gasteiger partial charge in [-0.15, -0.1) is 11.3 Å². The Kier molecular flexibility index (Phi) is 8.12. The fourth-order valence-corrected chi connectivity index (χ4v) is 10.7. The molecule has 3 heteroatoms. The molecule has 13 aromatic rings. The first-order chi connectivity index (χ1) is 31.2. The van der Waals surface area contributed by atoms with Gasteiger partial charge >= 0.3 is 0 Å². The van der Waals surface area contributed by atoms with Crippen molar-refractivity contribution >= 4 is 75.3 Å². The largest absolute Gasteiger partial charge is 0.456 e. The summed E-state index contributed by atoms with van der Waals surface area (Å²) in [5.74, 6) is 0. The summed E-state index contributed by atoms with van der Waals surface area (Å²) >= 11 is 1.86. The molecule has 10 aromatic carbocycles. The summed E-state index contributed by atoms with van der Waals surface area (Å²) < 4.78 is 11.5. The predicted molar refractivity (Wildman–Crippen MR) is 268 cm³/mol. The molecule has 0 bridgehead atoms. The molecule has 0 fully saturated rings. The van der Waals surface area contributed by atoms with Crippen LogP contribution in [0.5, 0.6) is 0 Å². The van der Waals surface area contributed by atoms with E-state index in [0.29, 0.717) is 0 Å². The smallest absolute Gasteiger partial charge is 0.135 e. The van der Waals surface area contributed by atoms with Crippen molar-refractivity contribution in [3.63, 3.8) is 0 Å². The van der Waals surface area contributed by atoms with Crippen LogP contribution in [0.15, 0.2) is 229 Å². The lowest BCUT2D eigenvalue weighted by molar-refractivity contribution is 0.669. The molecule has 0 spiro atoms. The van der Waals surface area contributed by atoms with Crippen molar-refractivity contribution in [1.82, 2.24) is 4.57 Å². The van der Waals surface area contributed by atoms with Crippen molar-refractivity contribution in [1.29, 1.82) is 0 Å². The summed E-state index contributed by atoms with van der Waals surface area (Å²) in [5.41, 5.74) is 17.4. The minimum absolute atomic E-state index is 0.887. The van der Waals surface area contributed by atoms with E-state index in [9.17, 15) is 0 Å². The number of thiophene rings is 1. The molecule has 2 nitrogen and oxygen atoms in total. The Hall–Kier alpha value is -7.98. The van der Waals surface area contributed by atoms with Crippen LogP contribution < -0.4 is 0 Å². The Morgan fingerprint density at radius 1 is 0.270 bits per heavy atom. The number of fused-ring (bicyclic) bond motifs is 9. The average molecular weight is 820 g/mol. The van der Waals surface area contributed by atoms with E-state index in [4.69, 9.17) is 4.42 Å². The van der Waals surface area contributed by atoms with Gasteiger partial charge in [-0.3, -0.25) is 0 Å². The van der Waals surface area contributed by atoms with Gasteiger partial charge in [0.05, 0.1) is 11.0 Å². The molecule has 63 heavy (non-hydrogen) atoms. The minimum atomic E-state index is 0.887. The van der Waals surface area contributed by atoms with E-state index in [2.05, 4.69) is 229 Å². The van der Waals surface area contributed by atoms with Crippen LogP contribution in [-0.2, 0) is 0 Å². The molecular formula is C60H37NOS. The van der Waals surface area contributed by atoms with Crippen LogP contribution in [0.1, 0.15) is 0 Å².